The van der Waals surface area contributed by atoms with Crippen molar-refractivity contribution in [2.24, 2.45) is 5.16 Å². The van der Waals surface area contributed by atoms with E-state index in [1.807, 2.05) is 33.9 Å². The largest absolute Gasteiger partial charge is 0.611 e. The van der Waals surface area contributed by atoms with Crippen molar-refractivity contribution in [2.75, 3.05) is 12.0 Å². The molecule has 0 radical (unpaired) electrons. The smallest absolute Gasteiger partial charge is 0.416 e. The molecule has 2 N–H and O–H groups in total. The maximum absolute atomic E-state index is 13.0. The lowest BCUT2D eigenvalue weighted by molar-refractivity contribution is -0.137. The number of hydrogen-bond donors (Lipinski definition) is 1. The molecule has 31 heavy (non-hydrogen) atoms. The first kappa shape index (κ1) is 25.9. The molecule has 1 unspecified atom stereocenters. The molecular weight excluding hydrogens is 492 g/mol. The molecule has 172 valence electrons. The van der Waals surface area contributed by atoms with Crippen LogP contribution in [0.3, 0.4) is 0 Å². The minimum Gasteiger partial charge on any atom is -0.611 e. The normalized spacial score (nSPS) is 14.3. The molecule has 0 aliphatic carbocycles. The number of nitrogen functional groups attached to an aromatic ring is 1. The van der Waals surface area contributed by atoms with Crippen molar-refractivity contribution in [3.63, 3.8) is 0 Å². The van der Waals surface area contributed by atoms with Gasteiger partial charge in [-0.1, -0.05) is 44.0 Å². The molecule has 2 aromatic rings. The fraction of sp³-hybridized carbons (Fsp3) is 0.444. The van der Waals surface area contributed by atoms with Crippen molar-refractivity contribution in [3.8, 4) is 5.69 Å². The molecular formula is C18H23Cl2F3N4O2SSi. The van der Waals surface area contributed by atoms with Crippen LogP contribution in [-0.4, -0.2) is 35.1 Å². The van der Waals surface area contributed by atoms with Gasteiger partial charge in [0.05, 0.1) is 21.8 Å². The molecule has 2 rings (SSSR count). The van der Waals surface area contributed by atoms with Crippen molar-refractivity contribution >= 4 is 54.7 Å². The van der Waals surface area contributed by atoms with Gasteiger partial charge in [-0.05, 0) is 41.4 Å². The highest BCUT2D eigenvalue weighted by atomic mass is 35.5. The molecule has 0 bridgehead atoms. The lowest BCUT2D eigenvalue weighted by atomic mass is 10.2. The van der Waals surface area contributed by atoms with Gasteiger partial charge in [-0.3, -0.25) is 0 Å². The van der Waals surface area contributed by atoms with Crippen LogP contribution < -0.4 is 5.73 Å². The SMILES string of the molecule is C[S+]([O-])c1c(C=NO[Si](C)(C)C(C)(C)C)nn(-c2c(Cl)cc(C(F)(F)F)cc2Cl)c1N. The zero-order valence-electron chi connectivity index (χ0n) is 17.8. The van der Waals surface area contributed by atoms with Crippen LogP contribution in [0, 0.1) is 0 Å². The maximum Gasteiger partial charge on any atom is 0.416 e. The predicted molar refractivity (Wildman–Crippen MR) is 121 cm³/mol. The van der Waals surface area contributed by atoms with E-state index in [1.54, 1.807) is 0 Å². The zero-order valence-corrected chi connectivity index (χ0v) is 21.1. The number of hydrogen-bond acceptors (Lipinski definition) is 5. The number of oxime groups is 1. The number of alkyl halides is 3. The van der Waals surface area contributed by atoms with E-state index in [0.717, 1.165) is 16.8 Å². The molecule has 1 aromatic heterocycles. The predicted octanol–water partition coefficient (Wildman–Crippen LogP) is 5.87. The highest BCUT2D eigenvalue weighted by molar-refractivity contribution is 7.91. The standard InChI is InChI=1S/C18H23Cl2F3N4O2SSi/c1-17(2,3)31(5,6)29-25-9-13-15(30(4)28)16(24)27(26-13)14-11(19)7-10(8-12(14)20)18(21,22)23/h7-9H,24H2,1-6H3. The summed E-state index contributed by atoms with van der Waals surface area (Å²) in [5.41, 5.74) is 5.15. The zero-order chi connectivity index (χ0) is 23.9. The number of nitrogens with zero attached hydrogens (tertiary/aromatic N) is 3. The summed E-state index contributed by atoms with van der Waals surface area (Å²) < 4.78 is 58.1. The summed E-state index contributed by atoms with van der Waals surface area (Å²) in [6.07, 6.45) is -1.97. The second-order valence-corrected chi connectivity index (χ2v) is 15.2. The fourth-order valence-electron chi connectivity index (χ4n) is 2.26. The Hall–Kier alpha value is -1.40. The van der Waals surface area contributed by atoms with Gasteiger partial charge in [0.25, 0.3) is 8.32 Å². The Kier molecular flexibility index (Phi) is 7.38. The summed E-state index contributed by atoms with van der Waals surface area (Å²) >= 11 is 10.6. The van der Waals surface area contributed by atoms with Gasteiger partial charge in [-0.2, -0.15) is 18.3 Å². The van der Waals surface area contributed by atoms with E-state index in [1.165, 1.54) is 12.5 Å². The van der Waals surface area contributed by atoms with Gasteiger partial charge in [0, 0.05) is 0 Å². The van der Waals surface area contributed by atoms with E-state index in [9.17, 15) is 17.7 Å². The minimum absolute atomic E-state index is 0.0644. The van der Waals surface area contributed by atoms with Crippen molar-refractivity contribution in [3.05, 3.63) is 33.4 Å². The van der Waals surface area contributed by atoms with Crippen LogP contribution in [-0.2, 0) is 21.9 Å². The summed E-state index contributed by atoms with van der Waals surface area (Å²) in [7, 11) is -2.20. The number of halogens is 5. The number of benzene rings is 1. The fourth-order valence-corrected chi connectivity index (χ4v) is 4.27. The third-order valence-corrected chi connectivity index (χ3v) is 10.8. The van der Waals surface area contributed by atoms with Crippen molar-refractivity contribution in [2.45, 2.75) is 50.0 Å². The van der Waals surface area contributed by atoms with Gasteiger partial charge in [-0.25, -0.2) is 4.68 Å². The number of rotatable bonds is 5. The molecule has 6 nitrogen and oxygen atoms in total. The molecule has 0 saturated heterocycles. The second-order valence-electron chi connectivity index (χ2n) is 8.34. The third-order valence-electron chi connectivity index (χ3n) is 5.01. The van der Waals surface area contributed by atoms with Crippen molar-refractivity contribution in [1.29, 1.82) is 0 Å². The summed E-state index contributed by atoms with van der Waals surface area (Å²) in [5.74, 6) is -0.0850. The van der Waals surface area contributed by atoms with E-state index in [0.29, 0.717) is 0 Å². The number of anilines is 1. The average Bonchev–Trinajstić information content (AvgIpc) is 2.88. The number of aromatic nitrogens is 2. The van der Waals surface area contributed by atoms with Crippen molar-refractivity contribution in [1.82, 2.24) is 9.78 Å². The lowest BCUT2D eigenvalue weighted by Crippen LogP contribution is -2.39. The van der Waals surface area contributed by atoms with Gasteiger partial charge in [0.1, 0.15) is 11.9 Å². The minimum atomic E-state index is -4.63. The first-order valence-electron chi connectivity index (χ1n) is 8.97. The molecule has 0 spiro atoms. The van der Waals surface area contributed by atoms with Crippen LogP contribution >= 0.6 is 23.2 Å². The first-order valence-corrected chi connectivity index (χ1v) is 14.2. The van der Waals surface area contributed by atoms with Crippen LogP contribution in [0.15, 0.2) is 22.2 Å². The molecule has 0 fully saturated rings. The van der Waals surface area contributed by atoms with E-state index < -0.39 is 31.2 Å². The quantitative estimate of drug-likeness (QED) is 0.233. The summed E-state index contributed by atoms with van der Waals surface area (Å²) in [6, 6.07) is 1.45. The molecule has 13 heteroatoms. The van der Waals surface area contributed by atoms with Crippen LogP contribution in [0.2, 0.25) is 28.2 Å². The third kappa shape index (κ3) is 5.51. The Bertz CT molecular complexity index is 982. The van der Waals surface area contributed by atoms with Gasteiger partial charge in [0.15, 0.2) is 11.5 Å². The van der Waals surface area contributed by atoms with Gasteiger partial charge < -0.3 is 14.8 Å². The van der Waals surface area contributed by atoms with E-state index in [4.69, 9.17) is 33.5 Å². The summed E-state index contributed by atoms with van der Waals surface area (Å²) in [5, 5.41) is 7.52. The van der Waals surface area contributed by atoms with E-state index in [2.05, 4.69) is 10.3 Å². The number of nitrogens with two attached hydrogens (primary N) is 1. The van der Waals surface area contributed by atoms with Crippen LogP contribution in [0.25, 0.3) is 5.69 Å². The molecule has 1 aromatic carbocycles. The summed E-state index contributed by atoms with van der Waals surface area (Å²) in [4.78, 5) is 0.134. The first-order chi connectivity index (χ1) is 14.0. The molecule has 0 aliphatic heterocycles. The average molecular weight is 515 g/mol. The van der Waals surface area contributed by atoms with E-state index in [-0.39, 0.29) is 37.2 Å². The Morgan fingerprint density at radius 1 is 1.23 bits per heavy atom. The topological polar surface area (TPSA) is 88.5 Å². The molecule has 0 saturated carbocycles. The Morgan fingerprint density at radius 3 is 2.16 bits per heavy atom. The highest BCUT2D eigenvalue weighted by Gasteiger charge is 2.40. The second kappa shape index (κ2) is 8.85. The molecule has 1 heterocycles. The van der Waals surface area contributed by atoms with Crippen molar-refractivity contribution < 1.29 is 22.3 Å². The molecule has 1 atom stereocenters. The Morgan fingerprint density at radius 2 is 1.74 bits per heavy atom. The van der Waals surface area contributed by atoms with Gasteiger partial charge >= 0.3 is 6.18 Å². The Labute approximate surface area is 192 Å². The van der Waals surface area contributed by atoms with Gasteiger partial charge in [0.2, 0.25) is 4.90 Å². The van der Waals surface area contributed by atoms with E-state index >= 15 is 0 Å². The van der Waals surface area contributed by atoms with Crippen LogP contribution in [0.5, 0.6) is 0 Å². The lowest BCUT2D eigenvalue weighted by Gasteiger charge is -2.32. The monoisotopic (exact) mass is 514 g/mol. The molecule has 0 aliphatic rings. The Balaban J connectivity index is 2.55. The molecule has 0 amide bonds. The van der Waals surface area contributed by atoms with Gasteiger partial charge in [-0.15, -0.1) is 5.16 Å². The highest BCUT2D eigenvalue weighted by Crippen LogP contribution is 2.39. The summed E-state index contributed by atoms with van der Waals surface area (Å²) in [6.45, 7) is 10.1. The van der Waals surface area contributed by atoms with Crippen LogP contribution in [0.1, 0.15) is 32.0 Å². The van der Waals surface area contributed by atoms with Crippen LogP contribution in [0.4, 0.5) is 19.0 Å². The maximum atomic E-state index is 13.0.